The molecule has 94 valence electrons. The molecular weight excluding hydrogens is 206 g/mol. The van der Waals surface area contributed by atoms with Crippen LogP contribution < -0.4 is 0 Å². The van der Waals surface area contributed by atoms with Crippen LogP contribution in [0.3, 0.4) is 0 Å². The molecule has 1 saturated heterocycles. The summed E-state index contributed by atoms with van der Waals surface area (Å²) >= 11 is 0. The average Bonchev–Trinajstić information content (AvgIpc) is 2.28. The summed E-state index contributed by atoms with van der Waals surface area (Å²) in [5, 5.41) is 0. The van der Waals surface area contributed by atoms with E-state index in [9.17, 15) is 0 Å². The Morgan fingerprint density at radius 1 is 1.41 bits per heavy atom. The minimum absolute atomic E-state index is 0.529. The van der Waals surface area contributed by atoms with Crippen LogP contribution >= 0.6 is 0 Å². The maximum absolute atomic E-state index is 3.91. The maximum atomic E-state index is 3.91. The number of likely N-dealkylation sites (tertiary alicyclic amines) is 1. The lowest BCUT2D eigenvalue weighted by molar-refractivity contribution is -0.0277. The van der Waals surface area contributed by atoms with Crippen molar-refractivity contribution in [1.82, 2.24) is 4.90 Å². The van der Waals surface area contributed by atoms with Gasteiger partial charge in [0.25, 0.3) is 0 Å². The summed E-state index contributed by atoms with van der Waals surface area (Å²) < 4.78 is 0. The number of rotatable bonds is 4. The molecule has 1 nitrogen and oxygen atoms in total. The van der Waals surface area contributed by atoms with E-state index in [2.05, 4.69) is 31.1 Å². The molecule has 1 spiro atoms. The highest BCUT2D eigenvalue weighted by molar-refractivity contribution is 5.23. The first kappa shape index (κ1) is 12.6. The summed E-state index contributed by atoms with van der Waals surface area (Å²) in [5.74, 6) is 0.905. The Hall–Kier alpha value is -0.820. The van der Waals surface area contributed by atoms with Crippen molar-refractivity contribution >= 4 is 0 Å². The second-order valence-corrected chi connectivity index (χ2v) is 5.78. The fraction of sp³-hybridized carbons (Fsp3) is 0.625. The number of hydrogen-bond acceptors (Lipinski definition) is 1. The van der Waals surface area contributed by atoms with Gasteiger partial charge in [0.05, 0.1) is 0 Å². The smallest absolute Gasteiger partial charge is 0.0239 e. The summed E-state index contributed by atoms with van der Waals surface area (Å²) in [5.41, 5.74) is 1.84. The Kier molecular flexibility index (Phi) is 3.88. The molecule has 1 heterocycles. The van der Waals surface area contributed by atoms with E-state index in [1.54, 1.807) is 0 Å². The van der Waals surface area contributed by atoms with Gasteiger partial charge in [-0.25, -0.2) is 0 Å². The van der Waals surface area contributed by atoms with E-state index in [1.807, 2.05) is 12.2 Å². The van der Waals surface area contributed by atoms with Crippen LogP contribution in [0.1, 0.15) is 39.0 Å². The van der Waals surface area contributed by atoms with Gasteiger partial charge < -0.3 is 0 Å². The highest BCUT2D eigenvalue weighted by Gasteiger charge is 2.45. The molecule has 1 saturated carbocycles. The van der Waals surface area contributed by atoms with Crippen LogP contribution in [-0.4, -0.2) is 23.5 Å². The molecule has 1 aliphatic heterocycles. The van der Waals surface area contributed by atoms with Crippen LogP contribution in [0.25, 0.3) is 0 Å². The van der Waals surface area contributed by atoms with Gasteiger partial charge in [-0.05, 0) is 50.1 Å². The fourth-order valence-electron chi connectivity index (χ4n) is 3.40. The molecule has 2 aliphatic rings. The van der Waals surface area contributed by atoms with E-state index in [1.165, 1.54) is 44.2 Å². The molecule has 2 fully saturated rings. The van der Waals surface area contributed by atoms with E-state index in [0.29, 0.717) is 5.54 Å². The van der Waals surface area contributed by atoms with Crippen molar-refractivity contribution in [3.63, 3.8) is 0 Å². The Balaban J connectivity index is 2.06. The van der Waals surface area contributed by atoms with Gasteiger partial charge in [0, 0.05) is 12.1 Å². The van der Waals surface area contributed by atoms with Crippen LogP contribution in [-0.2, 0) is 0 Å². The molecule has 1 atom stereocenters. The molecule has 0 aromatic rings. The van der Waals surface area contributed by atoms with Crippen LogP contribution in [0.5, 0.6) is 0 Å². The SMILES string of the molecule is C=C/C=C(\C=C)CN1CC[C@@H](C)CC12CCC2. The highest BCUT2D eigenvalue weighted by Crippen LogP contribution is 2.46. The minimum atomic E-state index is 0.529. The molecule has 0 unspecified atom stereocenters. The standard InChI is InChI=1S/C16H25N/c1-4-7-15(5-2)13-17-11-8-14(3)12-16(17)9-6-10-16/h4-5,7,14H,1-2,6,8-13H2,3H3/b15-7+/t14-/m1/s1. The van der Waals surface area contributed by atoms with Gasteiger partial charge in [-0.2, -0.15) is 0 Å². The predicted molar refractivity (Wildman–Crippen MR) is 75.0 cm³/mol. The first-order valence-electron chi connectivity index (χ1n) is 6.89. The summed E-state index contributed by atoms with van der Waals surface area (Å²) in [6.07, 6.45) is 12.9. The Labute approximate surface area is 106 Å². The molecule has 1 heteroatoms. The Bertz CT molecular complexity index is 322. The first-order valence-corrected chi connectivity index (χ1v) is 6.89. The maximum Gasteiger partial charge on any atom is 0.0239 e. The largest absolute Gasteiger partial charge is 0.293 e. The first-order chi connectivity index (χ1) is 8.20. The second kappa shape index (κ2) is 5.22. The molecule has 0 aromatic carbocycles. The number of allylic oxidation sites excluding steroid dienone is 2. The lowest BCUT2D eigenvalue weighted by atomic mass is 9.67. The molecular formula is C16H25N. The molecule has 0 N–H and O–H groups in total. The molecule has 1 aliphatic carbocycles. The van der Waals surface area contributed by atoms with E-state index in [4.69, 9.17) is 0 Å². The third-order valence-corrected chi connectivity index (χ3v) is 4.54. The third kappa shape index (κ3) is 2.55. The van der Waals surface area contributed by atoms with Gasteiger partial charge in [-0.1, -0.05) is 38.3 Å². The van der Waals surface area contributed by atoms with E-state index in [0.717, 1.165) is 12.5 Å². The molecule has 0 radical (unpaired) electrons. The van der Waals surface area contributed by atoms with Crippen molar-refractivity contribution < 1.29 is 0 Å². The van der Waals surface area contributed by atoms with Gasteiger partial charge in [0.15, 0.2) is 0 Å². The summed E-state index contributed by atoms with van der Waals surface area (Å²) in [4.78, 5) is 2.70. The van der Waals surface area contributed by atoms with Gasteiger partial charge in [0.1, 0.15) is 0 Å². The van der Waals surface area contributed by atoms with Gasteiger partial charge in [-0.3, -0.25) is 4.90 Å². The van der Waals surface area contributed by atoms with Crippen LogP contribution in [0, 0.1) is 5.92 Å². The topological polar surface area (TPSA) is 3.24 Å². The summed E-state index contributed by atoms with van der Waals surface area (Å²) in [6, 6.07) is 0. The van der Waals surface area contributed by atoms with Crippen molar-refractivity contribution in [2.24, 2.45) is 5.92 Å². The predicted octanol–water partition coefficient (Wildman–Crippen LogP) is 3.94. The quantitative estimate of drug-likeness (QED) is 0.662. The van der Waals surface area contributed by atoms with Crippen molar-refractivity contribution in [1.29, 1.82) is 0 Å². The summed E-state index contributed by atoms with van der Waals surface area (Å²) in [6.45, 7) is 12.4. The van der Waals surface area contributed by atoms with Crippen molar-refractivity contribution in [3.8, 4) is 0 Å². The zero-order valence-electron chi connectivity index (χ0n) is 11.1. The molecule has 0 amide bonds. The van der Waals surface area contributed by atoms with Gasteiger partial charge in [0.2, 0.25) is 0 Å². The van der Waals surface area contributed by atoms with Crippen LogP contribution in [0.2, 0.25) is 0 Å². The highest BCUT2D eigenvalue weighted by atomic mass is 15.2. The van der Waals surface area contributed by atoms with Crippen molar-refractivity contribution in [2.45, 2.75) is 44.6 Å². The number of hydrogen-bond donors (Lipinski definition) is 0. The Morgan fingerprint density at radius 3 is 2.71 bits per heavy atom. The second-order valence-electron chi connectivity index (χ2n) is 5.78. The van der Waals surface area contributed by atoms with E-state index >= 15 is 0 Å². The monoisotopic (exact) mass is 231 g/mol. The Morgan fingerprint density at radius 2 is 2.18 bits per heavy atom. The summed E-state index contributed by atoms with van der Waals surface area (Å²) in [7, 11) is 0. The molecule has 0 aromatic heterocycles. The molecule has 17 heavy (non-hydrogen) atoms. The normalized spacial score (nSPS) is 28.8. The molecule has 0 bridgehead atoms. The minimum Gasteiger partial charge on any atom is -0.293 e. The van der Waals surface area contributed by atoms with E-state index in [-0.39, 0.29) is 0 Å². The lowest BCUT2D eigenvalue weighted by Gasteiger charge is -2.55. The van der Waals surface area contributed by atoms with E-state index < -0.39 is 0 Å². The number of nitrogens with zero attached hydrogens (tertiary/aromatic N) is 1. The number of piperidine rings is 1. The van der Waals surface area contributed by atoms with Gasteiger partial charge in [-0.15, -0.1) is 0 Å². The van der Waals surface area contributed by atoms with Crippen molar-refractivity contribution in [3.05, 3.63) is 37.0 Å². The van der Waals surface area contributed by atoms with Gasteiger partial charge >= 0.3 is 0 Å². The zero-order valence-corrected chi connectivity index (χ0v) is 11.1. The third-order valence-electron chi connectivity index (χ3n) is 4.54. The van der Waals surface area contributed by atoms with Crippen molar-refractivity contribution in [2.75, 3.05) is 13.1 Å². The van der Waals surface area contributed by atoms with Crippen LogP contribution in [0.4, 0.5) is 0 Å². The molecule has 2 rings (SSSR count). The average molecular weight is 231 g/mol. The lowest BCUT2D eigenvalue weighted by Crippen LogP contribution is -2.58. The zero-order chi connectivity index (χ0) is 12.3. The fourth-order valence-corrected chi connectivity index (χ4v) is 3.40. The van der Waals surface area contributed by atoms with Crippen LogP contribution in [0.15, 0.2) is 37.0 Å².